The zero-order chi connectivity index (χ0) is 14.7. The summed E-state index contributed by atoms with van der Waals surface area (Å²) in [4.78, 5) is 0. The fraction of sp³-hybridized carbons (Fsp3) is 0.333. The number of para-hydroxylation sites is 1. The zero-order valence-corrected chi connectivity index (χ0v) is 13.1. The van der Waals surface area contributed by atoms with Crippen LogP contribution in [0.5, 0.6) is 0 Å². The normalized spacial score (nSPS) is 15.1. The molecule has 1 atom stereocenters. The van der Waals surface area contributed by atoms with E-state index in [0.29, 0.717) is 6.04 Å². The van der Waals surface area contributed by atoms with Crippen LogP contribution in [0.1, 0.15) is 36.1 Å². The molecule has 2 aromatic carbocycles. The van der Waals surface area contributed by atoms with Crippen LogP contribution in [0.25, 0.3) is 0 Å². The number of hydrogen-bond donors (Lipinski definition) is 2. The average Bonchev–Trinajstić information content (AvgIpc) is 2.53. The lowest BCUT2D eigenvalue weighted by Crippen LogP contribution is -2.21. The molecular weight excluding hydrogens is 280 g/mol. The second-order valence-corrected chi connectivity index (χ2v) is 6.07. The summed E-state index contributed by atoms with van der Waals surface area (Å²) in [6, 6.07) is 15.0. The molecular formula is C18H21ClN2. The van der Waals surface area contributed by atoms with Crippen molar-refractivity contribution in [3.63, 3.8) is 0 Å². The van der Waals surface area contributed by atoms with Gasteiger partial charge in [0.2, 0.25) is 0 Å². The highest BCUT2D eigenvalue weighted by Crippen LogP contribution is 2.26. The molecule has 21 heavy (non-hydrogen) atoms. The highest BCUT2D eigenvalue weighted by atomic mass is 35.5. The zero-order valence-electron chi connectivity index (χ0n) is 12.3. The molecule has 0 aromatic heterocycles. The Kier molecular flexibility index (Phi) is 4.47. The van der Waals surface area contributed by atoms with Gasteiger partial charge in [0.25, 0.3) is 0 Å². The Hall–Kier alpha value is -1.51. The predicted octanol–water partition coefficient (Wildman–Crippen LogP) is 4.55. The number of anilines is 1. The van der Waals surface area contributed by atoms with Crippen molar-refractivity contribution in [1.29, 1.82) is 0 Å². The van der Waals surface area contributed by atoms with E-state index >= 15 is 0 Å². The summed E-state index contributed by atoms with van der Waals surface area (Å²) in [7, 11) is 0. The number of nitrogens with one attached hydrogen (secondary N) is 2. The predicted molar refractivity (Wildman–Crippen MR) is 90.0 cm³/mol. The second-order valence-electron chi connectivity index (χ2n) is 5.64. The van der Waals surface area contributed by atoms with Crippen LogP contribution in [0.2, 0.25) is 5.02 Å². The van der Waals surface area contributed by atoms with Crippen molar-refractivity contribution in [2.45, 2.75) is 32.4 Å². The van der Waals surface area contributed by atoms with Crippen molar-refractivity contribution in [2.24, 2.45) is 0 Å². The SMILES string of the molecule is C[C@@H](NCc1cccc2c1NCCC2)c1ccc(Cl)cc1. The average molecular weight is 301 g/mol. The summed E-state index contributed by atoms with van der Waals surface area (Å²) >= 11 is 5.94. The summed E-state index contributed by atoms with van der Waals surface area (Å²) in [6.45, 7) is 4.14. The minimum Gasteiger partial charge on any atom is -0.385 e. The van der Waals surface area contributed by atoms with E-state index < -0.39 is 0 Å². The fourth-order valence-corrected chi connectivity index (χ4v) is 2.99. The molecule has 0 saturated carbocycles. The Morgan fingerprint density at radius 3 is 2.81 bits per heavy atom. The Balaban J connectivity index is 1.69. The number of halogens is 1. The number of rotatable bonds is 4. The van der Waals surface area contributed by atoms with Crippen molar-refractivity contribution in [3.8, 4) is 0 Å². The van der Waals surface area contributed by atoms with E-state index in [4.69, 9.17) is 11.6 Å². The molecule has 3 heteroatoms. The van der Waals surface area contributed by atoms with Crippen molar-refractivity contribution >= 4 is 17.3 Å². The molecule has 2 nitrogen and oxygen atoms in total. The third kappa shape index (κ3) is 3.39. The minimum atomic E-state index is 0.307. The van der Waals surface area contributed by atoms with E-state index in [9.17, 15) is 0 Å². The van der Waals surface area contributed by atoms with E-state index in [1.165, 1.54) is 35.2 Å². The van der Waals surface area contributed by atoms with Crippen LogP contribution in [-0.4, -0.2) is 6.54 Å². The highest BCUT2D eigenvalue weighted by Gasteiger charge is 2.13. The van der Waals surface area contributed by atoms with Crippen molar-refractivity contribution in [3.05, 3.63) is 64.2 Å². The molecule has 0 fully saturated rings. The molecule has 1 aliphatic heterocycles. The van der Waals surface area contributed by atoms with Gasteiger partial charge in [-0.2, -0.15) is 0 Å². The monoisotopic (exact) mass is 300 g/mol. The maximum Gasteiger partial charge on any atom is 0.0418 e. The summed E-state index contributed by atoms with van der Waals surface area (Å²) in [5.41, 5.74) is 5.39. The first kappa shape index (κ1) is 14.4. The summed E-state index contributed by atoms with van der Waals surface area (Å²) in [6.07, 6.45) is 2.41. The first-order valence-corrected chi connectivity index (χ1v) is 7.95. The van der Waals surface area contributed by atoms with E-state index in [0.717, 1.165) is 18.1 Å². The van der Waals surface area contributed by atoms with E-state index in [-0.39, 0.29) is 0 Å². The van der Waals surface area contributed by atoms with Gasteiger partial charge in [-0.15, -0.1) is 0 Å². The standard InChI is InChI=1S/C18H21ClN2/c1-13(14-7-9-17(19)10-8-14)21-12-16-5-2-4-15-6-3-11-20-18(15)16/h2,4-5,7-10,13,20-21H,3,6,11-12H2,1H3/t13-/m1/s1. The fourth-order valence-electron chi connectivity index (χ4n) is 2.86. The van der Waals surface area contributed by atoms with Gasteiger partial charge in [-0.3, -0.25) is 0 Å². The highest BCUT2D eigenvalue weighted by molar-refractivity contribution is 6.30. The maximum absolute atomic E-state index is 5.94. The third-order valence-corrected chi connectivity index (χ3v) is 4.38. The molecule has 1 heterocycles. The third-order valence-electron chi connectivity index (χ3n) is 4.13. The first-order valence-electron chi connectivity index (χ1n) is 7.57. The van der Waals surface area contributed by atoms with Gasteiger partial charge in [0.1, 0.15) is 0 Å². The molecule has 2 N–H and O–H groups in total. The molecule has 0 bridgehead atoms. The Morgan fingerprint density at radius 2 is 2.00 bits per heavy atom. The number of benzene rings is 2. The van der Waals surface area contributed by atoms with Crippen molar-refractivity contribution in [2.75, 3.05) is 11.9 Å². The number of aryl methyl sites for hydroxylation is 1. The van der Waals surface area contributed by atoms with Gasteiger partial charge in [-0.25, -0.2) is 0 Å². The Bertz CT molecular complexity index is 607. The van der Waals surface area contributed by atoms with Gasteiger partial charge in [0.15, 0.2) is 0 Å². The van der Waals surface area contributed by atoms with Crippen LogP contribution in [0.4, 0.5) is 5.69 Å². The molecule has 0 unspecified atom stereocenters. The number of fused-ring (bicyclic) bond motifs is 1. The van der Waals surface area contributed by atoms with Gasteiger partial charge in [-0.1, -0.05) is 41.9 Å². The van der Waals surface area contributed by atoms with E-state index in [2.05, 4.69) is 47.9 Å². The second kappa shape index (κ2) is 6.50. The van der Waals surface area contributed by atoms with Crippen LogP contribution in [0.3, 0.4) is 0 Å². The summed E-state index contributed by atoms with van der Waals surface area (Å²) in [5, 5.41) is 7.93. The molecule has 0 radical (unpaired) electrons. The van der Waals surface area contributed by atoms with Crippen molar-refractivity contribution < 1.29 is 0 Å². The molecule has 0 spiro atoms. The quantitative estimate of drug-likeness (QED) is 0.865. The molecule has 0 amide bonds. The van der Waals surface area contributed by atoms with Crippen LogP contribution >= 0.6 is 11.6 Å². The van der Waals surface area contributed by atoms with Gasteiger partial charge in [0.05, 0.1) is 0 Å². The lowest BCUT2D eigenvalue weighted by atomic mass is 9.99. The van der Waals surface area contributed by atoms with E-state index in [1.807, 2.05) is 12.1 Å². The molecule has 3 rings (SSSR count). The summed E-state index contributed by atoms with van der Waals surface area (Å²) < 4.78 is 0. The van der Waals surface area contributed by atoms with Crippen LogP contribution in [-0.2, 0) is 13.0 Å². The molecule has 2 aromatic rings. The van der Waals surface area contributed by atoms with Gasteiger partial charge < -0.3 is 10.6 Å². The molecule has 1 aliphatic rings. The summed E-state index contributed by atoms with van der Waals surface area (Å²) in [5.74, 6) is 0. The van der Waals surface area contributed by atoms with Gasteiger partial charge >= 0.3 is 0 Å². The lowest BCUT2D eigenvalue weighted by molar-refractivity contribution is 0.574. The maximum atomic E-state index is 5.94. The number of hydrogen-bond acceptors (Lipinski definition) is 2. The first-order chi connectivity index (χ1) is 10.2. The molecule has 0 saturated heterocycles. The Morgan fingerprint density at radius 1 is 1.19 bits per heavy atom. The molecule has 0 aliphatic carbocycles. The Labute approximate surface area is 131 Å². The lowest BCUT2D eigenvalue weighted by Gasteiger charge is -2.22. The van der Waals surface area contributed by atoms with E-state index in [1.54, 1.807) is 0 Å². The van der Waals surface area contributed by atoms with Crippen molar-refractivity contribution in [1.82, 2.24) is 5.32 Å². The minimum absolute atomic E-state index is 0.307. The van der Waals surface area contributed by atoms with Gasteiger partial charge in [-0.05, 0) is 48.6 Å². The van der Waals surface area contributed by atoms with Gasteiger partial charge in [0, 0.05) is 29.8 Å². The van der Waals surface area contributed by atoms with Crippen LogP contribution in [0.15, 0.2) is 42.5 Å². The smallest absolute Gasteiger partial charge is 0.0418 e. The largest absolute Gasteiger partial charge is 0.385 e. The van der Waals surface area contributed by atoms with Crippen LogP contribution < -0.4 is 10.6 Å². The molecule has 110 valence electrons. The topological polar surface area (TPSA) is 24.1 Å². The van der Waals surface area contributed by atoms with Crippen LogP contribution in [0, 0.1) is 0 Å².